The lowest BCUT2D eigenvalue weighted by Crippen LogP contribution is -2.08. The third kappa shape index (κ3) is 2.73. The Kier molecular flexibility index (Phi) is 4.75. The van der Waals surface area contributed by atoms with E-state index >= 15 is 0 Å². The fourth-order valence-corrected chi connectivity index (χ4v) is 2.98. The van der Waals surface area contributed by atoms with Crippen LogP contribution >= 0.6 is 0 Å². The molecule has 1 aromatic heterocycles. The molecule has 0 radical (unpaired) electrons. The van der Waals surface area contributed by atoms with Crippen LogP contribution in [0.3, 0.4) is 0 Å². The predicted molar refractivity (Wildman–Crippen MR) is 98.9 cm³/mol. The van der Waals surface area contributed by atoms with E-state index in [1.54, 1.807) is 51.7 Å². The van der Waals surface area contributed by atoms with Crippen LogP contribution in [0.5, 0.6) is 23.0 Å². The highest BCUT2D eigenvalue weighted by Gasteiger charge is 2.22. The quantitative estimate of drug-likeness (QED) is 0.693. The molecule has 0 N–H and O–H groups in total. The Bertz CT molecular complexity index is 1020. The van der Waals surface area contributed by atoms with Crippen LogP contribution in [0, 0.1) is 6.92 Å². The number of hydrogen-bond donors (Lipinski definition) is 0. The van der Waals surface area contributed by atoms with E-state index in [4.69, 9.17) is 23.4 Å². The second kappa shape index (κ2) is 7.00. The van der Waals surface area contributed by atoms with Crippen LogP contribution < -0.4 is 24.4 Å². The summed E-state index contributed by atoms with van der Waals surface area (Å²) in [7, 11) is 6.14. The summed E-state index contributed by atoms with van der Waals surface area (Å²) >= 11 is 0. The molecule has 136 valence electrons. The molecule has 6 nitrogen and oxygen atoms in total. The van der Waals surface area contributed by atoms with Gasteiger partial charge in [0.25, 0.3) is 0 Å². The Morgan fingerprint density at radius 3 is 2.19 bits per heavy atom. The zero-order chi connectivity index (χ0) is 18.8. The summed E-state index contributed by atoms with van der Waals surface area (Å²) in [5.41, 5.74) is 1.54. The van der Waals surface area contributed by atoms with Crippen molar-refractivity contribution in [2.75, 3.05) is 28.4 Å². The molecule has 0 atom stereocenters. The summed E-state index contributed by atoms with van der Waals surface area (Å²) in [5, 5.41) is 0.413. The number of fused-ring (bicyclic) bond motifs is 1. The maximum Gasteiger partial charge on any atom is 0.235 e. The number of benzene rings is 2. The molecule has 0 aliphatic carbocycles. The summed E-state index contributed by atoms with van der Waals surface area (Å²) in [6.07, 6.45) is 0. The fourth-order valence-electron chi connectivity index (χ4n) is 2.98. The SMILES string of the molecule is COc1ccc2c(=O)c(OC)c(-c3ccc(OC)c(C)c3OC)oc2c1. The van der Waals surface area contributed by atoms with E-state index in [-0.39, 0.29) is 11.2 Å². The first-order chi connectivity index (χ1) is 12.5. The molecule has 0 saturated heterocycles. The number of hydrogen-bond acceptors (Lipinski definition) is 6. The third-order valence-corrected chi connectivity index (χ3v) is 4.29. The lowest BCUT2D eigenvalue weighted by Gasteiger charge is -2.16. The van der Waals surface area contributed by atoms with E-state index in [1.807, 2.05) is 6.92 Å². The van der Waals surface area contributed by atoms with Crippen LogP contribution in [0.2, 0.25) is 0 Å². The first-order valence-electron chi connectivity index (χ1n) is 7.96. The van der Waals surface area contributed by atoms with Crippen molar-refractivity contribution in [3.05, 3.63) is 46.1 Å². The van der Waals surface area contributed by atoms with Gasteiger partial charge < -0.3 is 23.4 Å². The van der Waals surface area contributed by atoms with Crippen LogP contribution in [0.15, 0.2) is 39.5 Å². The van der Waals surface area contributed by atoms with Gasteiger partial charge in [-0.25, -0.2) is 0 Å². The predicted octanol–water partition coefficient (Wildman–Crippen LogP) is 3.80. The van der Waals surface area contributed by atoms with Crippen LogP contribution in [-0.2, 0) is 0 Å². The second-order valence-corrected chi connectivity index (χ2v) is 5.63. The van der Waals surface area contributed by atoms with Crippen LogP contribution in [0.25, 0.3) is 22.3 Å². The monoisotopic (exact) mass is 356 g/mol. The Hall–Kier alpha value is -3.15. The first kappa shape index (κ1) is 17.7. The highest BCUT2D eigenvalue weighted by molar-refractivity contribution is 5.84. The molecule has 0 aliphatic rings. The zero-order valence-electron chi connectivity index (χ0n) is 15.3. The van der Waals surface area contributed by atoms with Gasteiger partial charge in [-0.3, -0.25) is 4.79 Å². The molecule has 0 aliphatic heterocycles. The Morgan fingerprint density at radius 2 is 1.58 bits per heavy atom. The summed E-state index contributed by atoms with van der Waals surface area (Å²) in [5.74, 6) is 2.23. The van der Waals surface area contributed by atoms with Gasteiger partial charge in [-0.15, -0.1) is 0 Å². The molecule has 0 amide bonds. The molecule has 2 aromatic carbocycles. The molecular formula is C20H20O6. The molecule has 3 aromatic rings. The Morgan fingerprint density at radius 1 is 0.846 bits per heavy atom. The molecule has 0 bridgehead atoms. The molecule has 6 heteroatoms. The molecule has 3 rings (SSSR count). The van der Waals surface area contributed by atoms with Crippen molar-refractivity contribution in [2.45, 2.75) is 6.92 Å². The first-order valence-corrected chi connectivity index (χ1v) is 7.96. The lowest BCUT2D eigenvalue weighted by atomic mass is 10.0. The minimum Gasteiger partial charge on any atom is -0.497 e. The molecule has 1 heterocycles. The van der Waals surface area contributed by atoms with E-state index in [0.29, 0.717) is 39.5 Å². The smallest absolute Gasteiger partial charge is 0.235 e. The number of methoxy groups -OCH3 is 4. The molecule has 0 saturated carbocycles. The summed E-state index contributed by atoms with van der Waals surface area (Å²) in [6.45, 7) is 1.87. The van der Waals surface area contributed by atoms with Crippen molar-refractivity contribution < 1.29 is 23.4 Å². The standard InChI is InChI=1S/C20H20O6/c1-11-15(23-3)9-8-14(18(11)24-4)19-20(25-5)17(21)13-7-6-12(22-2)10-16(13)26-19/h6-10H,1-5H3. The van der Waals surface area contributed by atoms with Crippen molar-refractivity contribution in [2.24, 2.45) is 0 Å². The van der Waals surface area contributed by atoms with Gasteiger partial charge in [0.15, 0.2) is 5.76 Å². The van der Waals surface area contributed by atoms with Gasteiger partial charge in [0, 0.05) is 11.6 Å². The van der Waals surface area contributed by atoms with E-state index < -0.39 is 0 Å². The third-order valence-electron chi connectivity index (χ3n) is 4.29. The average molecular weight is 356 g/mol. The molecule has 0 fully saturated rings. The van der Waals surface area contributed by atoms with Gasteiger partial charge in [0.2, 0.25) is 11.2 Å². The second-order valence-electron chi connectivity index (χ2n) is 5.63. The van der Waals surface area contributed by atoms with E-state index in [2.05, 4.69) is 0 Å². The minimum atomic E-state index is -0.262. The van der Waals surface area contributed by atoms with E-state index in [0.717, 1.165) is 5.56 Å². The van der Waals surface area contributed by atoms with Crippen molar-refractivity contribution in [3.8, 4) is 34.3 Å². The maximum absolute atomic E-state index is 12.9. The highest BCUT2D eigenvalue weighted by atomic mass is 16.5. The topological polar surface area (TPSA) is 67.1 Å². The lowest BCUT2D eigenvalue weighted by molar-refractivity contribution is 0.384. The normalized spacial score (nSPS) is 10.7. The van der Waals surface area contributed by atoms with E-state index in [1.165, 1.54) is 7.11 Å². The van der Waals surface area contributed by atoms with Gasteiger partial charge in [0.05, 0.1) is 39.4 Å². The highest BCUT2D eigenvalue weighted by Crippen LogP contribution is 2.41. The summed E-state index contributed by atoms with van der Waals surface area (Å²) in [4.78, 5) is 12.9. The van der Waals surface area contributed by atoms with Crippen molar-refractivity contribution in [3.63, 3.8) is 0 Å². The van der Waals surface area contributed by atoms with Crippen molar-refractivity contribution in [1.82, 2.24) is 0 Å². The van der Waals surface area contributed by atoms with E-state index in [9.17, 15) is 4.79 Å². The molecule has 26 heavy (non-hydrogen) atoms. The minimum absolute atomic E-state index is 0.116. The largest absolute Gasteiger partial charge is 0.497 e. The van der Waals surface area contributed by atoms with Gasteiger partial charge in [0.1, 0.15) is 22.8 Å². The zero-order valence-corrected chi connectivity index (χ0v) is 15.3. The Labute approximate surface area is 150 Å². The summed E-state index contributed by atoms with van der Waals surface area (Å²) in [6, 6.07) is 8.60. The Balaban J connectivity index is 2.37. The van der Waals surface area contributed by atoms with Gasteiger partial charge in [-0.1, -0.05) is 0 Å². The number of rotatable bonds is 5. The summed E-state index contributed by atoms with van der Waals surface area (Å²) < 4.78 is 27.5. The average Bonchev–Trinajstić information content (AvgIpc) is 2.67. The van der Waals surface area contributed by atoms with Crippen LogP contribution in [-0.4, -0.2) is 28.4 Å². The van der Waals surface area contributed by atoms with Gasteiger partial charge >= 0.3 is 0 Å². The number of ether oxygens (including phenoxy) is 4. The molecule has 0 unspecified atom stereocenters. The van der Waals surface area contributed by atoms with Crippen molar-refractivity contribution >= 4 is 11.0 Å². The fraction of sp³-hybridized carbons (Fsp3) is 0.250. The van der Waals surface area contributed by atoms with Gasteiger partial charge in [-0.2, -0.15) is 0 Å². The molecular weight excluding hydrogens is 336 g/mol. The van der Waals surface area contributed by atoms with Crippen LogP contribution in [0.1, 0.15) is 5.56 Å². The van der Waals surface area contributed by atoms with Crippen LogP contribution in [0.4, 0.5) is 0 Å². The maximum atomic E-state index is 12.9. The van der Waals surface area contributed by atoms with Gasteiger partial charge in [-0.05, 0) is 31.2 Å². The van der Waals surface area contributed by atoms with Crippen molar-refractivity contribution in [1.29, 1.82) is 0 Å². The molecule has 0 spiro atoms.